The quantitative estimate of drug-likeness (QED) is 0.548. The smallest absolute Gasteiger partial charge is 0.345 e. The van der Waals surface area contributed by atoms with Crippen LogP contribution in [0.1, 0.15) is 25.3 Å². The molecule has 0 radical (unpaired) electrons. The Balaban J connectivity index is 2.18. The van der Waals surface area contributed by atoms with E-state index in [1.54, 1.807) is 18.2 Å². The number of fused-ring (bicyclic) bond motifs is 1. The summed E-state index contributed by atoms with van der Waals surface area (Å²) in [5.74, 6) is -6.64. The molecule has 3 rings (SSSR count). The Bertz CT molecular complexity index is 1060. The maximum atomic E-state index is 12.7. The second-order valence-corrected chi connectivity index (χ2v) is 6.95. The number of rotatable bonds is 5. The molecule has 0 aliphatic carbocycles. The standard InChI is InChI=1S/C20H16N4O6/c1-20(2)29-18(25)16(19(26)30-20)15(12(8-23)17(24)11(6-21)7-22)10-3-4-13-14(5-10)28-9-27-13/h3-5,11-12,15,24-25H,9H2,1-2H3/t12-,15+/m0/s1. The summed E-state index contributed by atoms with van der Waals surface area (Å²) in [6, 6.07) is 9.72. The van der Waals surface area contributed by atoms with Crippen molar-refractivity contribution in [2.45, 2.75) is 25.6 Å². The summed E-state index contributed by atoms with van der Waals surface area (Å²) in [4.78, 5) is 12.7. The average molecular weight is 408 g/mol. The molecule has 2 heterocycles. The average Bonchev–Trinajstić information content (AvgIpc) is 3.14. The van der Waals surface area contributed by atoms with E-state index in [1.165, 1.54) is 26.0 Å². The van der Waals surface area contributed by atoms with E-state index in [9.17, 15) is 15.2 Å². The van der Waals surface area contributed by atoms with Gasteiger partial charge in [-0.05, 0) is 17.7 Å². The maximum Gasteiger partial charge on any atom is 0.345 e. The van der Waals surface area contributed by atoms with E-state index >= 15 is 0 Å². The number of ether oxygens (including phenoxy) is 4. The minimum Gasteiger partial charge on any atom is -0.480 e. The van der Waals surface area contributed by atoms with Crippen LogP contribution in [0.2, 0.25) is 0 Å². The summed E-state index contributed by atoms with van der Waals surface area (Å²) < 4.78 is 21.1. The van der Waals surface area contributed by atoms with Gasteiger partial charge in [0.1, 0.15) is 5.57 Å². The molecule has 10 heteroatoms. The van der Waals surface area contributed by atoms with E-state index < -0.39 is 46.7 Å². The van der Waals surface area contributed by atoms with Gasteiger partial charge in [0, 0.05) is 19.8 Å². The van der Waals surface area contributed by atoms with Crippen LogP contribution in [-0.2, 0) is 14.3 Å². The van der Waals surface area contributed by atoms with Gasteiger partial charge in [0.2, 0.25) is 6.79 Å². The van der Waals surface area contributed by atoms with E-state index in [0.29, 0.717) is 17.1 Å². The zero-order valence-corrected chi connectivity index (χ0v) is 16.0. The van der Waals surface area contributed by atoms with E-state index in [2.05, 4.69) is 0 Å². The number of nitrogens with one attached hydrogen (secondary N) is 1. The molecular formula is C20H16N4O6. The Kier molecular flexibility index (Phi) is 5.23. The van der Waals surface area contributed by atoms with Crippen molar-refractivity contribution in [2.75, 3.05) is 6.79 Å². The third-order valence-corrected chi connectivity index (χ3v) is 4.57. The number of nitrogens with zero attached hydrogens (tertiary/aromatic N) is 3. The second-order valence-electron chi connectivity index (χ2n) is 6.95. The van der Waals surface area contributed by atoms with Gasteiger partial charge in [0.15, 0.2) is 17.4 Å². The molecule has 1 aromatic rings. The number of aliphatic hydroxyl groups excluding tert-OH is 1. The third-order valence-electron chi connectivity index (χ3n) is 4.57. The Labute approximate surface area is 171 Å². The molecule has 0 amide bonds. The Hall–Kier alpha value is -4.23. The molecule has 0 bridgehead atoms. The number of hydrogen-bond donors (Lipinski definition) is 2. The first kappa shape index (κ1) is 20.5. The lowest BCUT2D eigenvalue weighted by Crippen LogP contribution is -2.40. The normalized spacial score (nSPS) is 18.3. The number of carbonyl (C=O) groups excluding carboxylic acids is 1. The molecule has 2 aliphatic heterocycles. The third kappa shape index (κ3) is 3.57. The summed E-state index contributed by atoms with van der Waals surface area (Å²) in [6.07, 6.45) is 0. The van der Waals surface area contributed by atoms with E-state index in [1.807, 2.05) is 6.07 Å². The van der Waals surface area contributed by atoms with Crippen LogP contribution < -0.4 is 9.47 Å². The minimum atomic E-state index is -1.52. The summed E-state index contributed by atoms with van der Waals surface area (Å²) in [5.41, 5.74) is -0.630. The van der Waals surface area contributed by atoms with Gasteiger partial charge in [-0.3, -0.25) is 0 Å². The summed E-state index contributed by atoms with van der Waals surface area (Å²) in [6.45, 7) is 2.82. The summed E-state index contributed by atoms with van der Waals surface area (Å²) in [7, 11) is 0. The van der Waals surface area contributed by atoms with E-state index in [-0.39, 0.29) is 6.79 Å². The molecule has 2 N–H and O–H groups in total. The predicted octanol–water partition coefficient (Wildman–Crippen LogP) is 2.40. The van der Waals surface area contributed by atoms with Crippen LogP contribution in [0.25, 0.3) is 0 Å². The second kappa shape index (κ2) is 7.65. The Morgan fingerprint density at radius 3 is 2.40 bits per heavy atom. The van der Waals surface area contributed by atoms with Crippen molar-refractivity contribution in [3.63, 3.8) is 0 Å². The van der Waals surface area contributed by atoms with Crippen LogP contribution in [0.3, 0.4) is 0 Å². The van der Waals surface area contributed by atoms with Crippen molar-refractivity contribution in [3.8, 4) is 29.7 Å². The molecule has 0 spiro atoms. The summed E-state index contributed by atoms with van der Waals surface area (Å²) in [5, 5.41) is 46.9. The number of esters is 1. The zero-order valence-electron chi connectivity index (χ0n) is 16.0. The molecule has 30 heavy (non-hydrogen) atoms. The van der Waals surface area contributed by atoms with Crippen LogP contribution in [0.15, 0.2) is 29.7 Å². The minimum absolute atomic E-state index is 0.0147. The molecule has 10 nitrogen and oxygen atoms in total. The molecule has 152 valence electrons. The number of hydrogen-bond acceptors (Lipinski definition) is 10. The number of benzene rings is 1. The number of cyclic esters (lactones) is 1. The molecule has 0 fully saturated rings. The molecule has 2 atom stereocenters. The van der Waals surface area contributed by atoms with Crippen molar-refractivity contribution in [1.29, 1.82) is 21.2 Å². The first-order chi connectivity index (χ1) is 14.2. The van der Waals surface area contributed by atoms with Crippen LogP contribution in [-0.4, -0.2) is 29.4 Å². The van der Waals surface area contributed by atoms with Crippen molar-refractivity contribution in [1.82, 2.24) is 0 Å². The number of aliphatic hydroxyl groups is 1. The van der Waals surface area contributed by atoms with Gasteiger partial charge in [-0.15, -0.1) is 0 Å². The molecule has 2 aliphatic rings. The molecule has 0 unspecified atom stereocenters. The molecular weight excluding hydrogens is 392 g/mol. The Morgan fingerprint density at radius 1 is 1.13 bits per heavy atom. The fraction of sp³-hybridized carbons (Fsp3) is 0.350. The first-order valence-electron chi connectivity index (χ1n) is 8.74. The molecule has 0 aromatic heterocycles. The highest BCUT2D eigenvalue weighted by atomic mass is 16.8. The fourth-order valence-electron chi connectivity index (χ4n) is 3.24. The fourth-order valence-corrected chi connectivity index (χ4v) is 3.24. The highest BCUT2D eigenvalue weighted by Crippen LogP contribution is 2.43. The van der Waals surface area contributed by atoms with Crippen molar-refractivity contribution < 1.29 is 28.8 Å². The molecule has 0 saturated heterocycles. The monoisotopic (exact) mass is 408 g/mol. The van der Waals surface area contributed by atoms with Gasteiger partial charge in [0.05, 0.1) is 29.8 Å². The highest BCUT2D eigenvalue weighted by Gasteiger charge is 2.45. The van der Waals surface area contributed by atoms with Crippen LogP contribution in [0.5, 0.6) is 11.5 Å². The van der Waals surface area contributed by atoms with Crippen LogP contribution >= 0.6 is 0 Å². The van der Waals surface area contributed by atoms with Gasteiger partial charge >= 0.3 is 5.97 Å². The van der Waals surface area contributed by atoms with Gasteiger partial charge in [0.25, 0.3) is 11.7 Å². The first-order valence-corrected chi connectivity index (χ1v) is 8.74. The molecule has 1 aromatic carbocycles. The van der Waals surface area contributed by atoms with E-state index in [4.69, 9.17) is 34.9 Å². The predicted molar refractivity (Wildman–Crippen MR) is 97.8 cm³/mol. The van der Waals surface area contributed by atoms with E-state index in [0.717, 1.165) is 0 Å². The van der Waals surface area contributed by atoms with Crippen LogP contribution in [0.4, 0.5) is 0 Å². The lowest BCUT2D eigenvalue weighted by Gasteiger charge is -2.34. The van der Waals surface area contributed by atoms with Gasteiger partial charge in [-0.1, -0.05) is 6.07 Å². The van der Waals surface area contributed by atoms with Gasteiger partial charge in [-0.2, -0.15) is 15.8 Å². The largest absolute Gasteiger partial charge is 0.480 e. The number of nitriles is 3. The topological polar surface area (TPSA) is 169 Å². The van der Waals surface area contributed by atoms with Gasteiger partial charge < -0.3 is 29.5 Å². The zero-order chi connectivity index (χ0) is 22.1. The lowest BCUT2D eigenvalue weighted by atomic mass is 9.76. The summed E-state index contributed by atoms with van der Waals surface area (Å²) >= 11 is 0. The highest BCUT2D eigenvalue weighted by molar-refractivity contribution is 5.97. The van der Waals surface area contributed by atoms with Crippen molar-refractivity contribution in [3.05, 3.63) is 35.3 Å². The van der Waals surface area contributed by atoms with Crippen molar-refractivity contribution >= 4 is 11.7 Å². The Morgan fingerprint density at radius 2 is 1.80 bits per heavy atom. The number of carbonyl (C=O) groups is 1. The SMILES string of the molecule is CC1(C)OC(=O)C([C@H](c2ccc3c(c2)OCO3)[C@H](C#N)C(=N)C(C#N)C#N)=C(O)O1. The van der Waals surface area contributed by atoms with Gasteiger partial charge in [-0.25, -0.2) is 4.79 Å². The van der Waals surface area contributed by atoms with Crippen LogP contribution in [0, 0.1) is 51.2 Å². The maximum absolute atomic E-state index is 12.7. The molecule has 0 saturated carbocycles. The van der Waals surface area contributed by atoms with Crippen molar-refractivity contribution in [2.24, 2.45) is 11.8 Å². The lowest BCUT2D eigenvalue weighted by molar-refractivity contribution is -0.222.